The van der Waals surface area contributed by atoms with Crippen LogP contribution in [0.2, 0.25) is 0 Å². The fourth-order valence-electron chi connectivity index (χ4n) is 2.13. The first kappa shape index (κ1) is 12.2. The van der Waals surface area contributed by atoms with Crippen LogP contribution in [0.3, 0.4) is 0 Å². The van der Waals surface area contributed by atoms with Crippen LogP contribution in [-0.2, 0) is 7.05 Å². The van der Waals surface area contributed by atoms with Gasteiger partial charge in [-0.15, -0.1) is 0 Å². The van der Waals surface area contributed by atoms with Gasteiger partial charge in [0, 0.05) is 19.3 Å². The second kappa shape index (κ2) is 5.91. The summed E-state index contributed by atoms with van der Waals surface area (Å²) in [6, 6.07) is 2.53. The number of nitrogens with zero attached hydrogens (tertiary/aromatic N) is 2. The summed E-state index contributed by atoms with van der Waals surface area (Å²) in [6.07, 6.45) is 5.62. The lowest BCUT2D eigenvalue weighted by Crippen LogP contribution is -2.21. The van der Waals surface area contributed by atoms with Crippen LogP contribution in [0.15, 0.2) is 12.3 Å². The Morgan fingerprint density at radius 3 is 2.73 bits per heavy atom. The first-order valence-electron chi connectivity index (χ1n) is 5.84. The molecule has 1 rings (SSSR count). The monoisotopic (exact) mass is 209 g/mol. The van der Waals surface area contributed by atoms with Gasteiger partial charge in [-0.2, -0.15) is 5.10 Å². The van der Waals surface area contributed by atoms with Gasteiger partial charge in [-0.05, 0) is 25.5 Å². The molecule has 0 aromatic carbocycles. The summed E-state index contributed by atoms with van der Waals surface area (Å²) in [5.41, 5.74) is 1.28. The molecule has 0 spiro atoms. The minimum Gasteiger partial charge on any atom is -0.312 e. The zero-order chi connectivity index (χ0) is 11.3. The zero-order valence-electron chi connectivity index (χ0n) is 10.3. The SMILES string of the molecule is CCCC(C)CC(NC)c1ccnn1C. The molecule has 0 fully saturated rings. The van der Waals surface area contributed by atoms with Crippen molar-refractivity contribution in [2.45, 2.75) is 39.2 Å². The van der Waals surface area contributed by atoms with Crippen LogP contribution in [0.5, 0.6) is 0 Å². The maximum atomic E-state index is 4.22. The first-order valence-corrected chi connectivity index (χ1v) is 5.84. The minimum absolute atomic E-state index is 0.430. The van der Waals surface area contributed by atoms with Gasteiger partial charge in [0.15, 0.2) is 0 Å². The lowest BCUT2D eigenvalue weighted by atomic mass is 9.95. The van der Waals surface area contributed by atoms with Crippen molar-refractivity contribution in [3.8, 4) is 0 Å². The molecule has 0 bridgehead atoms. The summed E-state index contributed by atoms with van der Waals surface area (Å²) in [6.45, 7) is 4.57. The molecule has 3 heteroatoms. The Kier molecular flexibility index (Phi) is 4.82. The molecule has 1 N–H and O–H groups in total. The molecule has 0 aliphatic rings. The minimum atomic E-state index is 0.430. The molecular formula is C12H23N3. The molecule has 3 nitrogen and oxygen atoms in total. The second-order valence-electron chi connectivity index (χ2n) is 4.35. The number of hydrogen-bond acceptors (Lipinski definition) is 2. The maximum Gasteiger partial charge on any atom is 0.0550 e. The molecule has 1 aromatic rings. The van der Waals surface area contributed by atoms with Gasteiger partial charge in [-0.25, -0.2) is 0 Å². The van der Waals surface area contributed by atoms with Crippen molar-refractivity contribution in [3.05, 3.63) is 18.0 Å². The van der Waals surface area contributed by atoms with Crippen molar-refractivity contribution in [1.82, 2.24) is 15.1 Å². The summed E-state index contributed by atoms with van der Waals surface area (Å²) >= 11 is 0. The molecule has 0 aliphatic carbocycles. The molecule has 2 unspecified atom stereocenters. The van der Waals surface area contributed by atoms with Crippen molar-refractivity contribution in [1.29, 1.82) is 0 Å². The highest BCUT2D eigenvalue weighted by Crippen LogP contribution is 2.22. The number of aromatic nitrogens is 2. The summed E-state index contributed by atoms with van der Waals surface area (Å²) in [7, 11) is 4.03. The average Bonchev–Trinajstić information content (AvgIpc) is 2.61. The van der Waals surface area contributed by atoms with Gasteiger partial charge in [0.2, 0.25) is 0 Å². The molecule has 0 aliphatic heterocycles. The first-order chi connectivity index (χ1) is 7.19. The zero-order valence-corrected chi connectivity index (χ0v) is 10.3. The number of nitrogens with one attached hydrogen (secondary N) is 1. The molecular weight excluding hydrogens is 186 g/mol. The van der Waals surface area contributed by atoms with Crippen molar-refractivity contribution in [3.63, 3.8) is 0 Å². The molecule has 0 radical (unpaired) electrons. The number of rotatable bonds is 6. The molecule has 86 valence electrons. The predicted molar refractivity (Wildman–Crippen MR) is 63.7 cm³/mol. The summed E-state index contributed by atoms with van der Waals surface area (Å²) < 4.78 is 1.96. The quantitative estimate of drug-likeness (QED) is 0.780. The Hall–Kier alpha value is -0.830. The van der Waals surface area contributed by atoms with Gasteiger partial charge in [0.1, 0.15) is 0 Å². The van der Waals surface area contributed by atoms with Crippen molar-refractivity contribution < 1.29 is 0 Å². The van der Waals surface area contributed by atoms with E-state index < -0.39 is 0 Å². The van der Waals surface area contributed by atoms with E-state index in [1.54, 1.807) is 0 Å². The summed E-state index contributed by atoms with van der Waals surface area (Å²) in [5.74, 6) is 0.766. The van der Waals surface area contributed by atoms with E-state index in [1.807, 2.05) is 25.0 Å². The fourth-order valence-corrected chi connectivity index (χ4v) is 2.13. The van der Waals surface area contributed by atoms with Crippen LogP contribution in [0, 0.1) is 5.92 Å². The summed E-state index contributed by atoms with van der Waals surface area (Å²) in [4.78, 5) is 0. The van der Waals surface area contributed by atoms with E-state index in [-0.39, 0.29) is 0 Å². The topological polar surface area (TPSA) is 29.9 Å². The van der Waals surface area contributed by atoms with E-state index in [2.05, 4.69) is 30.3 Å². The van der Waals surface area contributed by atoms with E-state index in [9.17, 15) is 0 Å². The molecule has 0 amide bonds. The van der Waals surface area contributed by atoms with Gasteiger partial charge in [-0.1, -0.05) is 26.7 Å². The van der Waals surface area contributed by atoms with Crippen molar-refractivity contribution in [2.24, 2.45) is 13.0 Å². The standard InChI is InChI=1S/C12H23N3/c1-5-6-10(2)9-11(13-3)12-7-8-14-15(12)4/h7-8,10-11,13H,5-6,9H2,1-4H3. The van der Waals surface area contributed by atoms with Crippen LogP contribution in [0.4, 0.5) is 0 Å². The smallest absolute Gasteiger partial charge is 0.0550 e. The molecule has 0 saturated heterocycles. The largest absolute Gasteiger partial charge is 0.312 e. The van der Waals surface area contributed by atoms with Crippen molar-refractivity contribution in [2.75, 3.05) is 7.05 Å². The lowest BCUT2D eigenvalue weighted by molar-refractivity contribution is 0.392. The third-order valence-corrected chi connectivity index (χ3v) is 2.98. The number of hydrogen-bond donors (Lipinski definition) is 1. The Bertz CT molecular complexity index is 280. The van der Waals surface area contributed by atoms with Gasteiger partial charge in [0.05, 0.1) is 5.69 Å². The predicted octanol–water partition coefficient (Wildman–Crippen LogP) is 2.51. The van der Waals surface area contributed by atoms with Crippen LogP contribution in [0.25, 0.3) is 0 Å². The molecule has 1 aromatic heterocycles. The average molecular weight is 209 g/mol. The van der Waals surface area contributed by atoms with Gasteiger partial charge < -0.3 is 5.32 Å². The van der Waals surface area contributed by atoms with E-state index in [4.69, 9.17) is 0 Å². The number of aryl methyl sites for hydroxylation is 1. The molecule has 2 atom stereocenters. The van der Waals surface area contributed by atoms with Gasteiger partial charge in [-0.3, -0.25) is 4.68 Å². The Balaban J connectivity index is 2.60. The van der Waals surface area contributed by atoms with Crippen LogP contribution in [-0.4, -0.2) is 16.8 Å². The highest BCUT2D eigenvalue weighted by molar-refractivity contribution is 5.06. The van der Waals surface area contributed by atoms with Crippen LogP contribution >= 0.6 is 0 Å². The highest BCUT2D eigenvalue weighted by atomic mass is 15.3. The Labute approximate surface area is 92.9 Å². The maximum absolute atomic E-state index is 4.22. The molecule has 1 heterocycles. The van der Waals surface area contributed by atoms with Gasteiger partial charge in [0.25, 0.3) is 0 Å². The second-order valence-corrected chi connectivity index (χ2v) is 4.35. The van der Waals surface area contributed by atoms with E-state index in [1.165, 1.54) is 25.0 Å². The third kappa shape index (κ3) is 3.34. The Morgan fingerprint density at radius 2 is 2.27 bits per heavy atom. The van der Waals surface area contributed by atoms with Crippen molar-refractivity contribution >= 4 is 0 Å². The summed E-state index contributed by atoms with van der Waals surface area (Å²) in [5, 5.41) is 7.59. The van der Waals surface area contributed by atoms with E-state index in [0.717, 1.165) is 5.92 Å². The lowest BCUT2D eigenvalue weighted by Gasteiger charge is -2.20. The van der Waals surface area contributed by atoms with Crippen LogP contribution in [0.1, 0.15) is 44.8 Å². The fraction of sp³-hybridized carbons (Fsp3) is 0.750. The van der Waals surface area contributed by atoms with Gasteiger partial charge >= 0.3 is 0 Å². The Morgan fingerprint density at radius 1 is 1.53 bits per heavy atom. The van der Waals surface area contributed by atoms with E-state index >= 15 is 0 Å². The van der Waals surface area contributed by atoms with Crippen LogP contribution < -0.4 is 5.32 Å². The normalized spacial score (nSPS) is 15.2. The van der Waals surface area contributed by atoms with E-state index in [0.29, 0.717) is 6.04 Å². The molecule has 15 heavy (non-hydrogen) atoms. The molecule has 0 saturated carbocycles. The third-order valence-electron chi connectivity index (χ3n) is 2.98. The highest BCUT2D eigenvalue weighted by Gasteiger charge is 2.15.